The summed E-state index contributed by atoms with van der Waals surface area (Å²) in [6, 6.07) is 7.93. The van der Waals surface area contributed by atoms with E-state index in [0.29, 0.717) is 0 Å². The van der Waals surface area contributed by atoms with Crippen molar-refractivity contribution in [1.29, 1.82) is 0 Å². The molecule has 0 radical (unpaired) electrons. The zero-order valence-electron chi connectivity index (χ0n) is 10.1. The lowest BCUT2D eigenvalue weighted by atomic mass is 10.1. The molecule has 2 heteroatoms. The summed E-state index contributed by atoms with van der Waals surface area (Å²) in [6.07, 6.45) is 2.69. The van der Waals surface area contributed by atoms with Gasteiger partial charge >= 0.3 is 0 Å². The fraction of sp³-hybridized carbons (Fsp3) is 0.500. The van der Waals surface area contributed by atoms with E-state index in [1.165, 1.54) is 12.8 Å². The fourth-order valence-electron chi connectivity index (χ4n) is 2.06. The van der Waals surface area contributed by atoms with Crippen molar-refractivity contribution in [3.63, 3.8) is 0 Å². The molecule has 16 heavy (non-hydrogen) atoms. The van der Waals surface area contributed by atoms with Gasteiger partial charge in [0.25, 0.3) is 0 Å². The van der Waals surface area contributed by atoms with Crippen LogP contribution in [-0.2, 0) is 0 Å². The molecule has 0 aromatic heterocycles. The number of carbonyl (C=O) groups is 1. The SMILES string of the molecule is CCN(CC1CC1)c1ccccc1C(C)=O. The summed E-state index contributed by atoms with van der Waals surface area (Å²) in [5, 5.41) is 0. The normalized spacial score (nSPS) is 14.9. The number of nitrogens with zero attached hydrogens (tertiary/aromatic N) is 1. The summed E-state index contributed by atoms with van der Waals surface area (Å²) in [5.41, 5.74) is 1.95. The molecule has 1 aliphatic rings. The second-order valence-corrected chi connectivity index (χ2v) is 4.56. The molecule has 1 aromatic carbocycles. The highest BCUT2D eigenvalue weighted by Gasteiger charge is 2.25. The average molecular weight is 217 g/mol. The first-order valence-corrected chi connectivity index (χ1v) is 6.07. The van der Waals surface area contributed by atoms with E-state index in [1.807, 2.05) is 18.2 Å². The number of benzene rings is 1. The van der Waals surface area contributed by atoms with Crippen molar-refractivity contribution in [2.75, 3.05) is 18.0 Å². The quantitative estimate of drug-likeness (QED) is 0.706. The number of anilines is 1. The van der Waals surface area contributed by atoms with Crippen LogP contribution in [0.1, 0.15) is 37.0 Å². The molecular weight excluding hydrogens is 198 g/mol. The molecule has 0 spiro atoms. The molecule has 0 bridgehead atoms. The minimum Gasteiger partial charge on any atom is -0.371 e. The first-order valence-electron chi connectivity index (χ1n) is 6.07. The van der Waals surface area contributed by atoms with Crippen molar-refractivity contribution in [3.05, 3.63) is 29.8 Å². The molecule has 1 aliphatic carbocycles. The van der Waals surface area contributed by atoms with Crippen molar-refractivity contribution in [3.8, 4) is 0 Å². The topological polar surface area (TPSA) is 20.3 Å². The van der Waals surface area contributed by atoms with Crippen LogP contribution >= 0.6 is 0 Å². The van der Waals surface area contributed by atoms with Crippen molar-refractivity contribution >= 4 is 11.5 Å². The van der Waals surface area contributed by atoms with Crippen molar-refractivity contribution in [2.45, 2.75) is 26.7 Å². The van der Waals surface area contributed by atoms with E-state index in [0.717, 1.165) is 30.3 Å². The van der Waals surface area contributed by atoms with Crippen LogP contribution in [0.2, 0.25) is 0 Å². The van der Waals surface area contributed by atoms with Crippen LogP contribution in [-0.4, -0.2) is 18.9 Å². The molecule has 0 aliphatic heterocycles. The predicted octanol–water partition coefficient (Wildman–Crippen LogP) is 3.13. The van der Waals surface area contributed by atoms with Gasteiger partial charge in [-0.3, -0.25) is 4.79 Å². The molecular formula is C14H19NO. The van der Waals surface area contributed by atoms with Gasteiger partial charge in [-0.05, 0) is 44.7 Å². The zero-order chi connectivity index (χ0) is 11.5. The Hall–Kier alpha value is -1.31. The maximum absolute atomic E-state index is 11.6. The first-order chi connectivity index (χ1) is 7.72. The fourth-order valence-corrected chi connectivity index (χ4v) is 2.06. The Bertz CT molecular complexity index is 382. The molecule has 2 nitrogen and oxygen atoms in total. The van der Waals surface area contributed by atoms with Crippen LogP contribution in [0.3, 0.4) is 0 Å². The lowest BCUT2D eigenvalue weighted by Crippen LogP contribution is -2.26. The highest BCUT2D eigenvalue weighted by atomic mass is 16.1. The van der Waals surface area contributed by atoms with Gasteiger partial charge in [0.05, 0.1) is 0 Å². The van der Waals surface area contributed by atoms with Gasteiger partial charge in [-0.1, -0.05) is 12.1 Å². The van der Waals surface area contributed by atoms with E-state index in [2.05, 4.69) is 17.9 Å². The van der Waals surface area contributed by atoms with E-state index < -0.39 is 0 Å². The number of Topliss-reactive ketones (excluding diaryl/α,β-unsaturated/α-hetero) is 1. The third-order valence-electron chi connectivity index (χ3n) is 3.18. The standard InChI is InChI=1S/C14H19NO/c1-3-15(10-12-8-9-12)14-7-5-4-6-13(14)11(2)16/h4-7,12H,3,8-10H2,1-2H3. The molecule has 0 atom stereocenters. The molecule has 1 fully saturated rings. The first kappa shape index (κ1) is 11.2. The zero-order valence-corrected chi connectivity index (χ0v) is 10.1. The van der Waals surface area contributed by atoms with Gasteiger partial charge < -0.3 is 4.90 Å². The summed E-state index contributed by atoms with van der Waals surface area (Å²) in [6.45, 7) is 5.87. The third-order valence-corrected chi connectivity index (χ3v) is 3.18. The minimum absolute atomic E-state index is 0.157. The predicted molar refractivity (Wildman–Crippen MR) is 67.1 cm³/mol. The highest BCUT2D eigenvalue weighted by Crippen LogP contribution is 2.32. The van der Waals surface area contributed by atoms with E-state index >= 15 is 0 Å². The lowest BCUT2D eigenvalue weighted by Gasteiger charge is -2.25. The van der Waals surface area contributed by atoms with Crippen LogP contribution in [0.15, 0.2) is 24.3 Å². The molecule has 2 rings (SSSR count). The van der Waals surface area contributed by atoms with Gasteiger partial charge in [0.15, 0.2) is 5.78 Å². The number of carbonyl (C=O) groups excluding carboxylic acids is 1. The number of ketones is 1. The molecule has 0 amide bonds. The number of para-hydroxylation sites is 1. The van der Waals surface area contributed by atoms with Gasteiger partial charge in [0, 0.05) is 24.3 Å². The number of rotatable bonds is 5. The van der Waals surface area contributed by atoms with E-state index in [9.17, 15) is 4.79 Å². The largest absolute Gasteiger partial charge is 0.371 e. The molecule has 0 saturated heterocycles. The van der Waals surface area contributed by atoms with Crippen molar-refractivity contribution in [2.24, 2.45) is 5.92 Å². The maximum atomic E-state index is 11.6. The van der Waals surface area contributed by atoms with Crippen molar-refractivity contribution < 1.29 is 4.79 Å². The Morgan fingerprint density at radius 1 is 1.38 bits per heavy atom. The minimum atomic E-state index is 0.157. The number of hydrogen-bond donors (Lipinski definition) is 0. The lowest BCUT2D eigenvalue weighted by molar-refractivity contribution is 0.101. The van der Waals surface area contributed by atoms with Crippen LogP contribution in [0.4, 0.5) is 5.69 Å². The second-order valence-electron chi connectivity index (χ2n) is 4.56. The van der Waals surface area contributed by atoms with Crippen LogP contribution in [0.5, 0.6) is 0 Å². The van der Waals surface area contributed by atoms with Crippen LogP contribution < -0.4 is 4.90 Å². The Labute approximate surface area is 97.3 Å². The Morgan fingerprint density at radius 2 is 2.06 bits per heavy atom. The summed E-state index contributed by atoms with van der Waals surface area (Å²) >= 11 is 0. The molecule has 1 aromatic rings. The smallest absolute Gasteiger partial charge is 0.161 e. The Kier molecular flexibility index (Phi) is 3.28. The van der Waals surface area contributed by atoms with E-state index in [1.54, 1.807) is 6.92 Å². The van der Waals surface area contributed by atoms with Gasteiger partial charge in [0.1, 0.15) is 0 Å². The number of hydrogen-bond acceptors (Lipinski definition) is 2. The van der Waals surface area contributed by atoms with Crippen LogP contribution in [0, 0.1) is 5.92 Å². The summed E-state index contributed by atoms with van der Waals surface area (Å²) in [4.78, 5) is 13.9. The Balaban J connectivity index is 2.24. The molecule has 0 heterocycles. The van der Waals surface area contributed by atoms with Crippen molar-refractivity contribution in [1.82, 2.24) is 0 Å². The average Bonchev–Trinajstić information content (AvgIpc) is 3.09. The summed E-state index contributed by atoms with van der Waals surface area (Å²) in [5.74, 6) is 1.00. The summed E-state index contributed by atoms with van der Waals surface area (Å²) < 4.78 is 0. The van der Waals surface area contributed by atoms with Gasteiger partial charge in [-0.2, -0.15) is 0 Å². The van der Waals surface area contributed by atoms with E-state index in [-0.39, 0.29) is 5.78 Å². The summed E-state index contributed by atoms with van der Waals surface area (Å²) in [7, 11) is 0. The van der Waals surface area contributed by atoms with E-state index in [4.69, 9.17) is 0 Å². The third kappa shape index (κ3) is 2.43. The van der Waals surface area contributed by atoms with Gasteiger partial charge in [-0.15, -0.1) is 0 Å². The molecule has 86 valence electrons. The monoisotopic (exact) mass is 217 g/mol. The maximum Gasteiger partial charge on any atom is 0.161 e. The molecule has 1 saturated carbocycles. The second kappa shape index (κ2) is 4.69. The van der Waals surface area contributed by atoms with Gasteiger partial charge in [-0.25, -0.2) is 0 Å². The highest BCUT2D eigenvalue weighted by molar-refractivity contribution is 5.99. The molecule has 0 N–H and O–H groups in total. The molecule has 0 unspecified atom stereocenters. The Morgan fingerprint density at radius 3 is 2.62 bits per heavy atom. The van der Waals surface area contributed by atoms with Gasteiger partial charge in [0.2, 0.25) is 0 Å². The van der Waals surface area contributed by atoms with Crippen LogP contribution in [0.25, 0.3) is 0 Å².